The average Bonchev–Trinajstić information content (AvgIpc) is 3.38. The van der Waals surface area contributed by atoms with E-state index >= 15 is 0 Å². The second-order valence-electron chi connectivity index (χ2n) is 8.05. The summed E-state index contributed by atoms with van der Waals surface area (Å²) in [6.45, 7) is 0.0802. The summed E-state index contributed by atoms with van der Waals surface area (Å²) in [7, 11) is 1.60. The number of amides is 2. The Bertz CT molecular complexity index is 969. The molecular formula is C24H31F2N3O6S. The molecule has 0 saturated carbocycles. The molecule has 3 rings (SSSR count). The Morgan fingerprint density at radius 2 is 1.86 bits per heavy atom. The number of benzene rings is 1. The molecule has 0 radical (unpaired) electrons. The van der Waals surface area contributed by atoms with E-state index in [2.05, 4.69) is 15.0 Å². The molecule has 198 valence electrons. The van der Waals surface area contributed by atoms with E-state index in [-0.39, 0.29) is 42.3 Å². The van der Waals surface area contributed by atoms with Gasteiger partial charge in [-0.25, -0.2) is 4.98 Å². The van der Waals surface area contributed by atoms with Crippen LogP contribution in [0, 0.1) is 0 Å². The standard InChI is InChI=1S/C24H31F2N3O6S/c1-32-10-11-33-12-13-34-15-21(30)29-8-6-17(7-9-29)23-28-19(16-36-23)22(31)27-14-18-4-2-3-5-20(18)35-24(25)26/h2-5,16-17,24H,6-15H2,1H3,(H,27,31). The summed E-state index contributed by atoms with van der Waals surface area (Å²) in [5.74, 6) is -0.259. The van der Waals surface area contributed by atoms with Crippen LogP contribution < -0.4 is 10.1 Å². The van der Waals surface area contributed by atoms with E-state index in [1.807, 2.05) is 0 Å². The lowest BCUT2D eigenvalue weighted by Gasteiger charge is -2.31. The Morgan fingerprint density at radius 1 is 1.14 bits per heavy atom. The van der Waals surface area contributed by atoms with E-state index in [0.717, 1.165) is 17.8 Å². The Labute approximate surface area is 212 Å². The van der Waals surface area contributed by atoms with Gasteiger partial charge in [0.2, 0.25) is 5.91 Å². The zero-order valence-corrected chi connectivity index (χ0v) is 20.9. The smallest absolute Gasteiger partial charge is 0.387 e. The number of aromatic nitrogens is 1. The van der Waals surface area contributed by atoms with Gasteiger partial charge in [-0.05, 0) is 18.9 Å². The number of rotatable bonds is 14. The number of hydrogen-bond donors (Lipinski definition) is 1. The van der Waals surface area contributed by atoms with Gasteiger partial charge in [-0.1, -0.05) is 18.2 Å². The van der Waals surface area contributed by atoms with Crippen molar-refractivity contribution in [2.45, 2.75) is 31.9 Å². The van der Waals surface area contributed by atoms with Gasteiger partial charge in [0, 0.05) is 43.6 Å². The van der Waals surface area contributed by atoms with Crippen LogP contribution in [0.25, 0.3) is 0 Å². The van der Waals surface area contributed by atoms with E-state index in [1.54, 1.807) is 35.6 Å². The third-order valence-electron chi connectivity index (χ3n) is 5.61. The second-order valence-corrected chi connectivity index (χ2v) is 8.94. The molecule has 36 heavy (non-hydrogen) atoms. The van der Waals surface area contributed by atoms with E-state index < -0.39 is 6.61 Å². The Balaban J connectivity index is 1.40. The second kappa shape index (κ2) is 14.8. The lowest BCUT2D eigenvalue weighted by molar-refractivity contribution is -0.137. The van der Waals surface area contributed by atoms with Crippen LogP contribution in [0.15, 0.2) is 29.6 Å². The van der Waals surface area contributed by atoms with Crippen molar-refractivity contribution < 1.29 is 37.3 Å². The summed E-state index contributed by atoms with van der Waals surface area (Å²) in [4.78, 5) is 31.2. The van der Waals surface area contributed by atoms with Gasteiger partial charge in [0.15, 0.2) is 0 Å². The molecule has 0 bridgehead atoms. The summed E-state index contributed by atoms with van der Waals surface area (Å²) in [5, 5.41) is 5.24. The van der Waals surface area contributed by atoms with Gasteiger partial charge in [0.05, 0.1) is 31.4 Å². The number of ether oxygens (including phenoxy) is 4. The molecule has 2 heterocycles. The molecule has 1 aromatic carbocycles. The Morgan fingerprint density at radius 3 is 2.61 bits per heavy atom. The van der Waals surface area contributed by atoms with Crippen molar-refractivity contribution in [2.75, 3.05) is 53.2 Å². The number of carbonyl (C=O) groups excluding carboxylic acids is 2. The maximum absolute atomic E-state index is 12.6. The van der Waals surface area contributed by atoms with Gasteiger partial charge >= 0.3 is 6.61 Å². The number of thiazole rings is 1. The zero-order chi connectivity index (χ0) is 25.8. The average molecular weight is 528 g/mol. The van der Waals surface area contributed by atoms with Gasteiger partial charge < -0.3 is 29.2 Å². The van der Waals surface area contributed by atoms with E-state index in [0.29, 0.717) is 45.1 Å². The molecule has 0 atom stereocenters. The van der Waals surface area contributed by atoms with Crippen molar-refractivity contribution in [1.82, 2.24) is 15.2 Å². The quantitative estimate of drug-likeness (QED) is 0.377. The predicted octanol–water partition coefficient (Wildman–Crippen LogP) is 3.06. The topological polar surface area (TPSA) is 99.2 Å². The SMILES string of the molecule is COCCOCCOCC(=O)N1CCC(c2nc(C(=O)NCc3ccccc3OC(F)F)cs2)CC1. The van der Waals surface area contributed by atoms with E-state index in [1.165, 1.54) is 17.4 Å². The molecule has 0 spiro atoms. The van der Waals surface area contributed by atoms with Crippen LogP contribution in [-0.2, 0) is 25.5 Å². The van der Waals surface area contributed by atoms with Crippen molar-refractivity contribution in [3.63, 3.8) is 0 Å². The predicted molar refractivity (Wildman–Crippen MR) is 128 cm³/mol. The van der Waals surface area contributed by atoms with Crippen LogP contribution in [0.1, 0.15) is 39.8 Å². The van der Waals surface area contributed by atoms with Gasteiger partial charge in [0.25, 0.3) is 5.91 Å². The van der Waals surface area contributed by atoms with Gasteiger partial charge in [-0.3, -0.25) is 9.59 Å². The van der Waals surface area contributed by atoms with E-state index in [4.69, 9.17) is 14.2 Å². The van der Waals surface area contributed by atoms with Gasteiger partial charge in [-0.15, -0.1) is 11.3 Å². The number of nitrogens with one attached hydrogen (secondary N) is 1. The molecule has 2 aromatic rings. The normalized spacial score (nSPS) is 14.3. The Kier molecular flexibility index (Phi) is 11.5. The summed E-state index contributed by atoms with van der Waals surface area (Å²) in [6.07, 6.45) is 1.50. The minimum absolute atomic E-state index is 0.0192. The van der Waals surface area contributed by atoms with Crippen molar-refractivity contribution >= 4 is 23.2 Å². The minimum atomic E-state index is -2.94. The molecule has 1 N–H and O–H groups in total. The lowest BCUT2D eigenvalue weighted by Crippen LogP contribution is -2.40. The first-order valence-electron chi connectivity index (χ1n) is 11.7. The fourth-order valence-electron chi connectivity index (χ4n) is 3.70. The van der Waals surface area contributed by atoms with Crippen molar-refractivity contribution in [1.29, 1.82) is 0 Å². The minimum Gasteiger partial charge on any atom is -0.434 e. The van der Waals surface area contributed by atoms with Crippen LogP contribution >= 0.6 is 11.3 Å². The molecule has 1 fully saturated rings. The molecule has 0 aliphatic carbocycles. The molecule has 1 aromatic heterocycles. The number of methoxy groups -OCH3 is 1. The van der Waals surface area contributed by atoms with Crippen molar-refractivity contribution in [3.05, 3.63) is 45.9 Å². The first-order chi connectivity index (χ1) is 17.5. The molecule has 9 nitrogen and oxygen atoms in total. The van der Waals surface area contributed by atoms with Crippen molar-refractivity contribution in [2.24, 2.45) is 0 Å². The zero-order valence-electron chi connectivity index (χ0n) is 20.1. The van der Waals surface area contributed by atoms with E-state index in [9.17, 15) is 18.4 Å². The third kappa shape index (κ3) is 8.77. The highest BCUT2D eigenvalue weighted by Crippen LogP contribution is 2.30. The van der Waals surface area contributed by atoms with Gasteiger partial charge in [0.1, 0.15) is 18.1 Å². The molecule has 2 amide bonds. The highest BCUT2D eigenvalue weighted by molar-refractivity contribution is 7.09. The van der Waals surface area contributed by atoms with Crippen LogP contribution in [0.2, 0.25) is 0 Å². The maximum Gasteiger partial charge on any atom is 0.387 e. The van der Waals surface area contributed by atoms with Crippen LogP contribution in [0.4, 0.5) is 8.78 Å². The third-order valence-corrected chi connectivity index (χ3v) is 6.62. The number of halogens is 2. The number of carbonyl (C=O) groups is 2. The monoisotopic (exact) mass is 527 g/mol. The Hall–Kier alpha value is -2.67. The molecular weight excluding hydrogens is 496 g/mol. The van der Waals surface area contributed by atoms with Crippen LogP contribution in [0.5, 0.6) is 5.75 Å². The first-order valence-corrected chi connectivity index (χ1v) is 12.5. The summed E-state index contributed by atoms with van der Waals surface area (Å²) in [5.41, 5.74) is 0.725. The molecule has 0 unspecified atom stereocenters. The molecule has 12 heteroatoms. The highest BCUT2D eigenvalue weighted by atomic mass is 32.1. The molecule has 1 saturated heterocycles. The number of para-hydroxylation sites is 1. The number of likely N-dealkylation sites (tertiary alicyclic amines) is 1. The number of hydrogen-bond acceptors (Lipinski definition) is 8. The lowest BCUT2D eigenvalue weighted by atomic mass is 9.97. The molecule has 1 aliphatic heterocycles. The first kappa shape index (κ1) is 27.9. The highest BCUT2D eigenvalue weighted by Gasteiger charge is 2.26. The molecule has 1 aliphatic rings. The fraction of sp³-hybridized carbons (Fsp3) is 0.542. The maximum atomic E-state index is 12.6. The van der Waals surface area contributed by atoms with Crippen LogP contribution in [0.3, 0.4) is 0 Å². The summed E-state index contributed by atoms with van der Waals surface area (Å²) >= 11 is 1.41. The number of piperidine rings is 1. The fourth-order valence-corrected chi connectivity index (χ4v) is 4.67. The van der Waals surface area contributed by atoms with Crippen molar-refractivity contribution in [3.8, 4) is 5.75 Å². The summed E-state index contributed by atoms with van der Waals surface area (Å²) in [6, 6.07) is 6.31. The van der Waals surface area contributed by atoms with Crippen LogP contribution in [-0.4, -0.2) is 81.5 Å². The number of alkyl halides is 2. The summed E-state index contributed by atoms with van der Waals surface area (Å²) < 4.78 is 45.2. The number of nitrogens with zero attached hydrogens (tertiary/aromatic N) is 2. The van der Waals surface area contributed by atoms with Gasteiger partial charge in [-0.2, -0.15) is 8.78 Å². The largest absolute Gasteiger partial charge is 0.434 e.